The first-order chi connectivity index (χ1) is 9.81. The van der Waals surface area contributed by atoms with Gasteiger partial charge in [0, 0.05) is 12.1 Å². The standard InChI is InChI=1S/C17H24N2O/c20-17(19-15-8-2-1-3-9-15)12-18-16-10-13-6-4-5-7-14(13)11-16/h4-7,15-16,18H,1-3,8-12H2,(H,19,20). The molecule has 0 spiro atoms. The second kappa shape index (κ2) is 6.40. The van der Waals surface area contributed by atoms with E-state index in [1.165, 1.54) is 30.4 Å². The van der Waals surface area contributed by atoms with Gasteiger partial charge in [-0.3, -0.25) is 4.79 Å². The van der Waals surface area contributed by atoms with Crippen molar-refractivity contribution in [1.82, 2.24) is 10.6 Å². The van der Waals surface area contributed by atoms with Gasteiger partial charge >= 0.3 is 0 Å². The zero-order chi connectivity index (χ0) is 13.8. The van der Waals surface area contributed by atoms with E-state index in [-0.39, 0.29) is 5.91 Å². The highest BCUT2D eigenvalue weighted by Crippen LogP contribution is 2.21. The molecule has 0 saturated heterocycles. The van der Waals surface area contributed by atoms with Crippen molar-refractivity contribution in [2.24, 2.45) is 0 Å². The van der Waals surface area contributed by atoms with Gasteiger partial charge in [0.1, 0.15) is 0 Å². The summed E-state index contributed by atoms with van der Waals surface area (Å²) in [6, 6.07) is 9.41. The third-order valence-corrected chi connectivity index (χ3v) is 4.57. The molecular formula is C17H24N2O. The molecule has 0 atom stereocenters. The zero-order valence-electron chi connectivity index (χ0n) is 12.0. The normalized spacial score (nSPS) is 19.8. The van der Waals surface area contributed by atoms with Crippen LogP contribution in [0.2, 0.25) is 0 Å². The van der Waals surface area contributed by atoms with E-state index in [1.54, 1.807) is 0 Å². The molecule has 0 radical (unpaired) electrons. The molecule has 2 aliphatic carbocycles. The van der Waals surface area contributed by atoms with Crippen molar-refractivity contribution in [3.05, 3.63) is 35.4 Å². The topological polar surface area (TPSA) is 41.1 Å². The molecule has 0 bridgehead atoms. The molecule has 3 heteroatoms. The number of hydrogen-bond acceptors (Lipinski definition) is 2. The quantitative estimate of drug-likeness (QED) is 0.882. The molecule has 0 heterocycles. The van der Waals surface area contributed by atoms with Gasteiger partial charge < -0.3 is 10.6 Å². The summed E-state index contributed by atoms with van der Waals surface area (Å²) in [5.41, 5.74) is 2.86. The number of nitrogens with one attached hydrogen (secondary N) is 2. The van der Waals surface area contributed by atoms with Gasteiger partial charge in [-0.25, -0.2) is 0 Å². The summed E-state index contributed by atoms with van der Waals surface area (Å²) in [6.07, 6.45) is 8.25. The first-order valence-electron chi connectivity index (χ1n) is 7.91. The van der Waals surface area contributed by atoms with Gasteiger partial charge in [-0.2, -0.15) is 0 Å². The SMILES string of the molecule is O=C(CNC1Cc2ccccc2C1)NC1CCCCC1. The van der Waals surface area contributed by atoms with E-state index >= 15 is 0 Å². The van der Waals surface area contributed by atoms with Crippen LogP contribution >= 0.6 is 0 Å². The second-order valence-corrected chi connectivity index (χ2v) is 6.16. The van der Waals surface area contributed by atoms with E-state index in [1.807, 2.05) is 0 Å². The van der Waals surface area contributed by atoms with Gasteiger partial charge in [-0.1, -0.05) is 43.5 Å². The van der Waals surface area contributed by atoms with Crippen molar-refractivity contribution in [2.45, 2.75) is 57.0 Å². The van der Waals surface area contributed by atoms with Crippen LogP contribution in [0.4, 0.5) is 0 Å². The van der Waals surface area contributed by atoms with Crippen LogP contribution in [0, 0.1) is 0 Å². The lowest BCUT2D eigenvalue weighted by molar-refractivity contribution is -0.121. The lowest BCUT2D eigenvalue weighted by Crippen LogP contribution is -2.44. The highest BCUT2D eigenvalue weighted by molar-refractivity contribution is 5.78. The molecule has 1 aromatic rings. The van der Waals surface area contributed by atoms with Gasteiger partial charge in [-0.15, -0.1) is 0 Å². The maximum Gasteiger partial charge on any atom is 0.234 e. The highest BCUT2D eigenvalue weighted by atomic mass is 16.1. The number of amides is 1. The van der Waals surface area contributed by atoms with Crippen LogP contribution in [-0.2, 0) is 17.6 Å². The van der Waals surface area contributed by atoms with E-state index in [4.69, 9.17) is 0 Å². The summed E-state index contributed by atoms with van der Waals surface area (Å²) < 4.78 is 0. The average Bonchev–Trinajstić information content (AvgIpc) is 2.89. The fourth-order valence-corrected chi connectivity index (χ4v) is 3.47. The fraction of sp³-hybridized carbons (Fsp3) is 0.588. The Labute approximate surface area is 121 Å². The highest BCUT2D eigenvalue weighted by Gasteiger charge is 2.21. The number of hydrogen-bond donors (Lipinski definition) is 2. The maximum atomic E-state index is 12.0. The van der Waals surface area contributed by atoms with Crippen LogP contribution in [0.1, 0.15) is 43.2 Å². The molecule has 108 valence electrons. The molecule has 1 aromatic carbocycles. The lowest BCUT2D eigenvalue weighted by Gasteiger charge is -2.23. The summed E-state index contributed by atoms with van der Waals surface area (Å²) in [5.74, 6) is 0.160. The number of carbonyl (C=O) groups is 1. The predicted molar refractivity (Wildman–Crippen MR) is 80.7 cm³/mol. The van der Waals surface area contributed by atoms with Gasteiger partial charge in [0.15, 0.2) is 0 Å². The number of carbonyl (C=O) groups excluding carboxylic acids is 1. The van der Waals surface area contributed by atoms with Gasteiger partial charge in [0.05, 0.1) is 6.54 Å². The van der Waals surface area contributed by atoms with Crippen LogP contribution < -0.4 is 10.6 Å². The Balaban J connectivity index is 1.41. The first kappa shape index (κ1) is 13.6. The largest absolute Gasteiger partial charge is 0.352 e. The molecule has 0 aliphatic heterocycles. The Morgan fingerprint density at radius 3 is 2.30 bits per heavy atom. The Hall–Kier alpha value is -1.35. The minimum Gasteiger partial charge on any atom is -0.352 e. The number of benzene rings is 1. The van der Waals surface area contributed by atoms with Crippen LogP contribution in [-0.4, -0.2) is 24.5 Å². The van der Waals surface area contributed by atoms with Gasteiger partial charge in [-0.05, 0) is 36.8 Å². The van der Waals surface area contributed by atoms with E-state index in [0.717, 1.165) is 25.7 Å². The third-order valence-electron chi connectivity index (χ3n) is 4.57. The Morgan fingerprint density at radius 2 is 1.65 bits per heavy atom. The van der Waals surface area contributed by atoms with Crippen LogP contribution in [0.5, 0.6) is 0 Å². The summed E-state index contributed by atoms with van der Waals surface area (Å²) in [7, 11) is 0. The van der Waals surface area contributed by atoms with Crippen molar-refractivity contribution < 1.29 is 4.79 Å². The molecule has 1 saturated carbocycles. The van der Waals surface area contributed by atoms with E-state index in [9.17, 15) is 4.79 Å². The third kappa shape index (κ3) is 3.40. The minimum absolute atomic E-state index is 0.160. The maximum absolute atomic E-state index is 12.0. The Bertz CT molecular complexity index is 441. The van der Waals surface area contributed by atoms with Crippen molar-refractivity contribution >= 4 is 5.91 Å². The second-order valence-electron chi connectivity index (χ2n) is 6.16. The fourth-order valence-electron chi connectivity index (χ4n) is 3.47. The molecular weight excluding hydrogens is 248 g/mol. The smallest absolute Gasteiger partial charge is 0.234 e. The molecule has 2 aliphatic rings. The number of fused-ring (bicyclic) bond motifs is 1. The van der Waals surface area contributed by atoms with Crippen LogP contribution in [0.15, 0.2) is 24.3 Å². The molecule has 1 amide bonds. The number of rotatable bonds is 4. The van der Waals surface area contributed by atoms with Crippen molar-refractivity contribution in [2.75, 3.05) is 6.54 Å². The van der Waals surface area contributed by atoms with Gasteiger partial charge in [0.25, 0.3) is 0 Å². The molecule has 20 heavy (non-hydrogen) atoms. The minimum atomic E-state index is 0.160. The molecule has 2 N–H and O–H groups in total. The lowest BCUT2D eigenvalue weighted by atomic mass is 9.95. The Kier molecular flexibility index (Phi) is 4.36. The van der Waals surface area contributed by atoms with E-state index in [2.05, 4.69) is 34.9 Å². The molecule has 0 aromatic heterocycles. The Morgan fingerprint density at radius 1 is 1.00 bits per heavy atom. The monoisotopic (exact) mass is 272 g/mol. The molecule has 0 unspecified atom stereocenters. The molecule has 1 fully saturated rings. The summed E-state index contributed by atoms with van der Waals surface area (Å²) >= 11 is 0. The molecule has 3 rings (SSSR count). The summed E-state index contributed by atoms with van der Waals surface area (Å²) in [5, 5.41) is 6.57. The van der Waals surface area contributed by atoms with Crippen LogP contribution in [0.3, 0.4) is 0 Å². The van der Waals surface area contributed by atoms with E-state index < -0.39 is 0 Å². The predicted octanol–water partition coefficient (Wildman–Crippen LogP) is 2.19. The van der Waals surface area contributed by atoms with Crippen LogP contribution in [0.25, 0.3) is 0 Å². The first-order valence-corrected chi connectivity index (χ1v) is 7.91. The van der Waals surface area contributed by atoms with Crippen molar-refractivity contribution in [1.29, 1.82) is 0 Å². The van der Waals surface area contributed by atoms with E-state index in [0.29, 0.717) is 18.6 Å². The zero-order valence-corrected chi connectivity index (χ0v) is 12.0. The van der Waals surface area contributed by atoms with Crippen molar-refractivity contribution in [3.8, 4) is 0 Å². The molecule has 3 nitrogen and oxygen atoms in total. The average molecular weight is 272 g/mol. The van der Waals surface area contributed by atoms with Crippen molar-refractivity contribution in [3.63, 3.8) is 0 Å². The van der Waals surface area contributed by atoms with Gasteiger partial charge in [0.2, 0.25) is 5.91 Å². The summed E-state index contributed by atoms with van der Waals surface area (Å²) in [6.45, 7) is 0.454. The summed E-state index contributed by atoms with van der Waals surface area (Å²) in [4.78, 5) is 12.0.